The van der Waals surface area contributed by atoms with E-state index < -0.39 is 5.82 Å². The zero-order valence-electron chi connectivity index (χ0n) is 11.3. The van der Waals surface area contributed by atoms with Crippen molar-refractivity contribution in [2.24, 2.45) is 5.73 Å². The molecule has 0 bridgehead atoms. The molecular weight excluding hydrogens is 250 g/mol. The Balaban J connectivity index is 2.14. The number of halogens is 2. The first kappa shape index (κ1) is 14.4. The number of nitrogens with two attached hydrogens (primary N) is 1. The molecule has 19 heavy (non-hydrogen) atoms. The normalized spacial score (nSPS) is 24.2. The summed E-state index contributed by atoms with van der Waals surface area (Å²) in [5.74, 6) is -0.794. The predicted molar refractivity (Wildman–Crippen MR) is 69.7 cm³/mol. The van der Waals surface area contributed by atoms with Crippen LogP contribution in [0.1, 0.15) is 25.5 Å². The highest BCUT2D eigenvalue weighted by atomic mass is 19.1. The minimum Gasteiger partial charge on any atom is -0.374 e. The first-order valence-electron chi connectivity index (χ1n) is 6.55. The molecule has 3 unspecified atom stereocenters. The van der Waals surface area contributed by atoms with Crippen molar-refractivity contribution in [1.82, 2.24) is 4.90 Å². The topological polar surface area (TPSA) is 38.5 Å². The summed E-state index contributed by atoms with van der Waals surface area (Å²) in [5.41, 5.74) is 6.22. The van der Waals surface area contributed by atoms with Gasteiger partial charge >= 0.3 is 0 Å². The molecule has 0 saturated carbocycles. The van der Waals surface area contributed by atoms with Crippen LogP contribution in [0.25, 0.3) is 0 Å². The standard InChI is InChI=1S/C14H20F2N2O/c1-9(17)14-8-18(5-6-19-14)10(2)12-7-11(15)3-4-13(12)16/h3-4,7,9-10,14H,5-6,8,17H2,1-2H3. The van der Waals surface area contributed by atoms with E-state index in [1.165, 1.54) is 12.1 Å². The number of nitrogens with zero attached hydrogens (tertiary/aromatic N) is 1. The van der Waals surface area contributed by atoms with E-state index in [0.717, 1.165) is 6.07 Å². The molecule has 1 fully saturated rings. The smallest absolute Gasteiger partial charge is 0.128 e. The Morgan fingerprint density at radius 2 is 2.11 bits per heavy atom. The van der Waals surface area contributed by atoms with Crippen LogP contribution in [0.15, 0.2) is 18.2 Å². The molecule has 5 heteroatoms. The minimum absolute atomic E-state index is 0.0622. The van der Waals surface area contributed by atoms with Crippen molar-refractivity contribution in [2.75, 3.05) is 19.7 Å². The summed E-state index contributed by atoms with van der Waals surface area (Å²) < 4.78 is 32.6. The molecule has 1 aliphatic rings. The Morgan fingerprint density at radius 1 is 1.37 bits per heavy atom. The van der Waals surface area contributed by atoms with Crippen LogP contribution in [0.4, 0.5) is 8.78 Å². The monoisotopic (exact) mass is 270 g/mol. The van der Waals surface area contributed by atoms with Crippen molar-refractivity contribution in [3.63, 3.8) is 0 Å². The van der Waals surface area contributed by atoms with Gasteiger partial charge in [0.2, 0.25) is 0 Å². The lowest BCUT2D eigenvalue weighted by Crippen LogP contribution is -2.50. The van der Waals surface area contributed by atoms with Crippen LogP contribution in [-0.4, -0.2) is 36.7 Å². The molecule has 0 amide bonds. The molecule has 3 atom stereocenters. The Bertz CT molecular complexity index is 439. The predicted octanol–water partition coefficient (Wildman–Crippen LogP) is 2.07. The second kappa shape index (κ2) is 5.94. The van der Waals surface area contributed by atoms with E-state index >= 15 is 0 Å². The molecule has 2 rings (SSSR count). The van der Waals surface area contributed by atoms with E-state index in [2.05, 4.69) is 4.90 Å². The van der Waals surface area contributed by atoms with Crippen LogP contribution >= 0.6 is 0 Å². The van der Waals surface area contributed by atoms with Crippen molar-refractivity contribution in [3.8, 4) is 0 Å². The van der Waals surface area contributed by atoms with E-state index in [4.69, 9.17) is 10.5 Å². The lowest BCUT2D eigenvalue weighted by atomic mass is 10.0. The third kappa shape index (κ3) is 3.29. The molecule has 0 spiro atoms. The molecule has 1 aromatic rings. The molecule has 1 heterocycles. The fourth-order valence-electron chi connectivity index (χ4n) is 2.40. The largest absolute Gasteiger partial charge is 0.374 e. The van der Waals surface area contributed by atoms with Gasteiger partial charge in [0.25, 0.3) is 0 Å². The summed E-state index contributed by atoms with van der Waals surface area (Å²) >= 11 is 0. The molecule has 3 nitrogen and oxygen atoms in total. The second-order valence-corrected chi connectivity index (χ2v) is 5.11. The molecule has 106 valence electrons. The first-order chi connectivity index (χ1) is 8.99. The fourth-order valence-corrected chi connectivity index (χ4v) is 2.40. The maximum atomic E-state index is 13.8. The Kier molecular flexibility index (Phi) is 4.50. The molecule has 1 saturated heterocycles. The van der Waals surface area contributed by atoms with Crippen LogP contribution in [-0.2, 0) is 4.74 Å². The van der Waals surface area contributed by atoms with E-state index in [0.29, 0.717) is 25.3 Å². The Hall–Kier alpha value is -1.04. The van der Waals surface area contributed by atoms with E-state index in [-0.39, 0.29) is 24.0 Å². The van der Waals surface area contributed by atoms with Crippen molar-refractivity contribution >= 4 is 0 Å². The number of morpholine rings is 1. The zero-order valence-corrected chi connectivity index (χ0v) is 11.3. The van der Waals surface area contributed by atoms with Gasteiger partial charge < -0.3 is 10.5 Å². The second-order valence-electron chi connectivity index (χ2n) is 5.11. The number of ether oxygens (including phenoxy) is 1. The van der Waals surface area contributed by atoms with Gasteiger partial charge in [-0.3, -0.25) is 4.90 Å². The van der Waals surface area contributed by atoms with Crippen LogP contribution in [0.5, 0.6) is 0 Å². The third-order valence-corrected chi connectivity index (χ3v) is 3.67. The minimum atomic E-state index is -0.416. The molecule has 2 N–H and O–H groups in total. The van der Waals surface area contributed by atoms with Crippen LogP contribution in [0.2, 0.25) is 0 Å². The van der Waals surface area contributed by atoms with Crippen molar-refractivity contribution in [1.29, 1.82) is 0 Å². The zero-order chi connectivity index (χ0) is 14.0. The van der Waals surface area contributed by atoms with E-state index in [1.54, 1.807) is 0 Å². The molecular formula is C14H20F2N2O. The summed E-state index contributed by atoms with van der Waals surface area (Å²) in [6.45, 7) is 5.66. The number of rotatable bonds is 3. The lowest BCUT2D eigenvalue weighted by molar-refractivity contribution is -0.0502. The average molecular weight is 270 g/mol. The van der Waals surface area contributed by atoms with Gasteiger partial charge in [0.1, 0.15) is 11.6 Å². The summed E-state index contributed by atoms with van der Waals surface area (Å²) in [6, 6.07) is 3.30. The summed E-state index contributed by atoms with van der Waals surface area (Å²) in [4.78, 5) is 2.08. The van der Waals surface area contributed by atoms with Crippen LogP contribution in [0, 0.1) is 11.6 Å². The molecule has 0 aliphatic carbocycles. The van der Waals surface area contributed by atoms with Crippen LogP contribution < -0.4 is 5.73 Å². The molecule has 0 aromatic heterocycles. The van der Waals surface area contributed by atoms with Crippen molar-refractivity contribution in [3.05, 3.63) is 35.4 Å². The third-order valence-electron chi connectivity index (χ3n) is 3.67. The van der Waals surface area contributed by atoms with E-state index in [1.807, 2.05) is 13.8 Å². The Morgan fingerprint density at radius 3 is 2.79 bits per heavy atom. The van der Waals surface area contributed by atoms with Crippen LogP contribution in [0.3, 0.4) is 0 Å². The summed E-state index contributed by atoms with van der Waals surface area (Å²) in [7, 11) is 0. The summed E-state index contributed by atoms with van der Waals surface area (Å²) in [6.07, 6.45) is -0.0622. The van der Waals surface area contributed by atoms with Gasteiger partial charge in [0, 0.05) is 30.7 Å². The van der Waals surface area contributed by atoms with Gasteiger partial charge in [-0.15, -0.1) is 0 Å². The first-order valence-corrected chi connectivity index (χ1v) is 6.55. The van der Waals surface area contributed by atoms with Gasteiger partial charge in [-0.2, -0.15) is 0 Å². The highest BCUT2D eigenvalue weighted by Gasteiger charge is 2.28. The molecule has 1 aromatic carbocycles. The molecule has 0 radical (unpaired) electrons. The van der Waals surface area contributed by atoms with E-state index in [9.17, 15) is 8.78 Å². The number of benzene rings is 1. The lowest BCUT2D eigenvalue weighted by Gasteiger charge is -2.38. The average Bonchev–Trinajstić information content (AvgIpc) is 2.41. The van der Waals surface area contributed by atoms with Gasteiger partial charge in [-0.05, 0) is 32.0 Å². The number of hydrogen-bond donors (Lipinski definition) is 1. The van der Waals surface area contributed by atoms with Gasteiger partial charge in [-0.25, -0.2) is 8.78 Å². The fraction of sp³-hybridized carbons (Fsp3) is 0.571. The maximum Gasteiger partial charge on any atom is 0.128 e. The van der Waals surface area contributed by atoms with Crippen molar-refractivity contribution < 1.29 is 13.5 Å². The Labute approximate surface area is 112 Å². The highest BCUT2D eigenvalue weighted by Crippen LogP contribution is 2.26. The summed E-state index contributed by atoms with van der Waals surface area (Å²) in [5, 5.41) is 0. The van der Waals surface area contributed by atoms with Crippen molar-refractivity contribution in [2.45, 2.75) is 32.0 Å². The molecule has 1 aliphatic heterocycles. The SMILES string of the molecule is CC(N)C1CN(C(C)c2cc(F)ccc2F)CCO1. The van der Waals surface area contributed by atoms with Gasteiger partial charge in [0.05, 0.1) is 12.7 Å². The van der Waals surface area contributed by atoms with Gasteiger partial charge in [-0.1, -0.05) is 0 Å². The quantitative estimate of drug-likeness (QED) is 0.914. The highest BCUT2D eigenvalue weighted by molar-refractivity contribution is 5.22. The van der Waals surface area contributed by atoms with Gasteiger partial charge in [0.15, 0.2) is 0 Å². The maximum absolute atomic E-state index is 13.8. The number of hydrogen-bond acceptors (Lipinski definition) is 3.